The highest BCUT2D eigenvalue weighted by molar-refractivity contribution is 7.10. The number of benzene rings is 1. The van der Waals surface area contributed by atoms with Gasteiger partial charge in [-0.1, -0.05) is 13.8 Å². The van der Waals surface area contributed by atoms with Crippen LogP contribution in [0.4, 0.5) is 0 Å². The van der Waals surface area contributed by atoms with Gasteiger partial charge in [0, 0.05) is 22.2 Å². The smallest absolute Gasteiger partial charge is 0.123 e. The molecule has 0 unspecified atom stereocenters. The van der Waals surface area contributed by atoms with Crippen LogP contribution in [0.5, 0.6) is 5.75 Å². The van der Waals surface area contributed by atoms with Gasteiger partial charge in [0.05, 0.1) is 29.0 Å². The molecule has 3 nitrogen and oxygen atoms in total. The van der Waals surface area contributed by atoms with E-state index in [-0.39, 0.29) is 0 Å². The third-order valence-corrected chi connectivity index (χ3v) is 4.62. The molecule has 0 aliphatic heterocycles. The number of methoxy groups -OCH3 is 1. The maximum Gasteiger partial charge on any atom is 0.123 e. The summed E-state index contributed by atoms with van der Waals surface area (Å²) in [7, 11) is 1.68. The zero-order chi connectivity index (χ0) is 15.0. The molecule has 0 spiro atoms. The lowest BCUT2D eigenvalue weighted by atomic mass is 10.1. The van der Waals surface area contributed by atoms with Gasteiger partial charge in [0.25, 0.3) is 0 Å². The Morgan fingerprint density at radius 3 is 2.67 bits per heavy atom. The van der Waals surface area contributed by atoms with Crippen molar-refractivity contribution in [2.24, 2.45) is 0 Å². The predicted molar refractivity (Wildman–Crippen MR) is 87.1 cm³/mol. The Kier molecular flexibility index (Phi) is 3.64. The lowest BCUT2D eigenvalue weighted by Gasteiger charge is -2.08. The Hall–Kier alpha value is -1.94. The molecular formula is C17H17N2OS. The minimum absolute atomic E-state index is 0.440. The number of aryl methyl sites for hydroxylation is 1. The molecule has 0 saturated carbocycles. The summed E-state index contributed by atoms with van der Waals surface area (Å²) in [4.78, 5) is 9.42. The van der Waals surface area contributed by atoms with E-state index in [1.54, 1.807) is 18.4 Å². The zero-order valence-electron chi connectivity index (χ0n) is 12.6. The fourth-order valence-electron chi connectivity index (χ4n) is 2.26. The maximum absolute atomic E-state index is 5.37. The standard InChI is InChI=1S/C17H17N2OS/c1-10(2)17-19-14(9-21-17)13-7-5-12-6-8-15(20-4)11(3)16(12)18-13/h6-10H,1-4H3. The van der Waals surface area contributed by atoms with Gasteiger partial charge in [0.15, 0.2) is 0 Å². The molecule has 0 aliphatic rings. The Morgan fingerprint density at radius 1 is 1.19 bits per heavy atom. The van der Waals surface area contributed by atoms with Crippen LogP contribution >= 0.6 is 11.3 Å². The fraction of sp³-hybridized carbons (Fsp3) is 0.294. The molecule has 21 heavy (non-hydrogen) atoms. The van der Waals surface area contributed by atoms with Crippen LogP contribution < -0.4 is 4.74 Å². The molecule has 1 aromatic carbocycles. The highest BCUT2D eigenvalue weighted by Gasteiger charge is 2.11. The molecule has 2 aromatic heterocycles. The Labute approximate surface area is 128 Å². The molecule has 4 heteroatoms. The van der Waals surface area contributed by atoms with Crippen LogP contribution in [0.25, 0.3) is 22.3 Å². The van der Waals surface area contributed by atoms with Gasteiger partial charge in [-0.15, -0.1) is 11.3 Å². The molecule has 3 aromatic rings. The quantitative estimate of drug-likeness (QED) is 0.708. The number of thiazole rings is 1. The highest BCUT2D eigenvalue weighted by Crippen LogP contribution is 2.29. The molecule has 0 amide bonds. The average molecular weight is 297 g/mol. The van der Waals surface area contributed by atoms with Crippen molar-refractivity contribution in [3.05, 3.63) is 40.2 Å². The first kappa shape index (κ1) is 14.0. The molecule has 0 N–H and O–H groups in total. The third kappa shape index (κ3) is 2.51. The van der Waals surface area contributed by atoms with E-state index < -0.39 is 0 Å². The fourth-order valence-corrected chi connectivity index (χ4v) is 3.09. The lowest BCUT2D eigenvalue weighted by molar-refractivity contribution is 0.412. The molecule has 0 atom stereocenters. The minimum Gasteiger partial charge on any atom is -0.496 e. The highest BCUT2D eigenvalue weighted by atomic mass is 32.1. The monoisotopic (exact) mass is 297 g/mol. The van der Waals surface area contributed by atoms with Crippen molar-refractivity contribution in [2.75, 3.05) is 7.11 Å². The van der Waals surface area contributed by atoms with Crippen molar-refractivity contribution >= 4 is 22.2 Å². The Bertz CT molecular complexity index is 793. The van der Waals surface area contributed by atoms with Gasteiger partial charge < -0.3 is 4.74 Å². The lowest BCUT2D eigenvalue weighted by Crippen LogP contribution is -1.93. The van der Waals surface area contributed by atoms with Crippen molar-refractivity contribution in [1.82, 2.24) is 9.97 Å². The van der Waals surface area contributed by atoms with E-state index in [1.165, 1.54) is 0 Å². The number of nitrogens with zero attached hydrogens (tertiary/aromatic N) is 2. The second-order valence-electron chi connectivity index (χ2n) is 5.30. The van der Waals surface area contributed by atoms with Crippen LogP contribution in [0.2, 0.25) is 0 Å². The van der Waals surface area contributed by atoms with Gasteiger partial charge in [0.2, 0.25) is 0 Å². The first-order chi connectivity index (χ1) is 10.1. The summed E-state index contributed by atoms with van der Waals surface area (Å²) in [6.45, 7) is 6.32. The molecule has 0 saturated heterocycles. The zero-order valence-corrected chi connectivity index (χ0v) is 13.4. The molecule has 3 rings (SSSR count). The number of fused-ring (bicyclic) bond motifs is 1. The molecule has 0 aliphatic carbocycles. The summed E-state index contributed by atoms with van der Waals surface area (Å²) in [6.07, 6.45) is 0. The van der Waals surface area contributed by atoms with Crippen LogP contribution in [0, 0.1) is 13.0 Å². The van der Waals surface area contributed by atoms with Crippen molar-refractivity contribution in [1.29, 1.82) is 0 Å². The van der Waals surface area contributed by atoms with Crippen molar-refractivity contribution in [3.8, 4) is 17.1 Å². The van der Waals surface area contributed by atoms with Crippen molar-refractivity contribution in [3.63, 3.8) is 0 Å². The van der Waals surface area contributed by atoms with Crippen molar-refractivity contribution < 1.29 is 4.74 Å². The van der Waals surface area contributed by atoms with E-state index in [0.717, 1.165) is 38.6 Å². The number of pyridine rings is 1. The molecule has 107 valence electrons. The summed E-state index contributed by atoms with van der Waals surface area (Å²) in [5, 5.41) is 4.19. The molecule has 1 radical (unpaired) electrons. The number of ether oxygens (including phenoxy) is 1. The van der Waals surface area contributed by atoms with Crippen molar-refractivity contribution in [2.45, 2.75) is 26.7 Å². The summed E-state index contributed by atoms with van der Waals surface area (Å²) in [5.74, 6) is 1.29. The Balaban J connectivity index is 2.13. The van der Waals surface area contributed by atoms with E-state index in [1.807, 2.05) is 25.1 Å². The first-order valence-electron chi connectivity index (χ1n) is 6.92. The average Bonchev–Trinajstić information content (AvgIpc) is 2.97. The van der Waals surface area contributed by atoms with E-state index >= 15 is 0 Å². The van der Waals surface area contributed by atoms with E-state index in [4.69, 9.17) is 9.72 Å². The summed E-state index contributed by atoms with van der Waals surface area (Å²) >= 11 is 1.68. The largest absolute Gasteiger partial charge is 0.496 e. The number of aromatic nitrogens is 2. The SMILES string of the molecule is COc1ccc2[c]cc(-c3csc(C(C)C)n3)nc2c1C. The van der Waals surface area contributed by atoms with E-state index in [9.17, 15) is 0 Å². The van der Waals surface area contributed by atoms with Gasteiger partial charge in [-0.2, -0.15) is 0 Å². The van der Waals surface area contributed by atoms with E-state index in [2.05, 4.69) is 30.3 Å². The van der Waals surface area contributed by atoms with Crippen LogP contribution in [-0.2, 0) is 0 Å². The number of hydrogen-bond acceptors (Lipinski definition) is 4. The maximum atomic E-state index is 5.37. The second kappa shape index (κ2) is 5.45. The van der Waals surface area contributed by atoms with Crippen LogP contribution in [0.3, 0.4) is 0 Å². The van der Waals surface area contributed by atoms with Gasteiger partial charge in [-0.25, -0.2) is 9.97 Å². The summed E-state index contributed by atoms with van der Waals surface area (Å²) in [6, 6.07) is 9.14. The summed E-state index contributed by atoms with van der Waals surface area (Å²) in [5.41, 5.74) is 3.74. The topological polar surface area (TPSA) is 35.0 Å². The molecule has 0 bridgehead atoms. The van der Waals surface area contributed by atoms with Gasteiger partial charge >= 0.3 is 0 Å². The third-order valence-electron chi connectivity index (χ3n) is 3.48. The number of hydrogen-bond donors (Lipinski definition) is 0. The predicted octanol–water partition coefficient (Wildman–Crippen LogP) is 4.60. The van der Waals surface area contributed by atoms with Gasteiger partial charge in [-0.3, -0.25) is 0 Å². The van der Waals surface area contributed by atoms with Crippen LogP contribution in [0.15, 0.2) is 23.6 Å². The first-order valence-corrected chi connectivity index (χ1v) is 7.80. The molecule has 0 fully saturated rings. The minimum atomic E-state index is 0.440. The van der Waals surface area contributed by atoms with Crippen LogP contribution in [-0.4, -0.2) is 17.1 Å². The van der Waals surface area contributed by atoms with Gasteiger partial charge in [-0.05, 0) is 31.2 Å². The van der Waals surface area contributed by atoms with Gasteiger partial charge in [0.1, 0.15) is 5.75 Å². The normalized spacial score (nSPS) is 11.3. The number of rotatable bonds is 3. The Morgan fingerprint density at radius 2 is 2.00 bits per heavy atom. The molecular weight excluding hydrogens is 280 g/mol. The van der Waals surface area contributed by atoms with Crippen LogP contribution in [0.1, 0.15) is 30.3 Å². The second-order valence-corrected chi connectivity index (χ2v) is 6.19. The summed E-state index contributed by atoms with van der Waals surface area (Å²) < 4.78 is 5.37. The van der Waals surface area contributed by atoms with E-state index in [0.29, 0.717) is 5.92 Å². The molecule has 2 heterocycles.